The average Bonchev–Trinajstić information content (AvgIpc) is 2.87. The smallest absolute Gasteiger partial charge is 0.222 e. The number of benzene rings is 1. The highest BCUT2D eigenvalue weighted by atomic mass is 16.5. The van der Waals surface area contributed by atoms with E-state index in [4.69, 9.17) is 4.74 Å². The summed E-state index contributed by atoms with van der Waals surface area (Å²) >= 11 is 0. The Morgan fingerprint density at radius 1 is 1.29 bits per heavy atom. The van der Waals surface area contributed by atoms with Crippen LogP contribution in [0.5, 0.6) is 5.75 Å². The molecule has 21 heavy (non-hydrogen) atoms. The fourth-order valence-corrected chi connectivity index (χ4v) is 5.12. The Bertz CT molecular complexity index is 597. The van der Waals surface area contributed by atoms with Crippen LogP contribution in [0.4, 0.5) is 0 Å². The van der Waals surface area contributed by atoms with Crippen LogP contribution >= 0.6 is 0 Å². The quantitative estimate of drug-likeness (QED) is 0.794. The second-order valence-electron chi connectivity index (χ2n) is 6.99. The molecule has 4 rings (SSSR count). The Hall–Kier alpha value is -1.51. The van der Waals surface area contributed by atoms with E-state index in [-0.39, 0.29) is 5.41 Å². The Kier molecular flexibility index (Phi) is 2.82. The zero-order valence-corrected chi connectivity index (χ0v) is 12.9. The van der Waals surface area contributed by atoms with Gasteiger partial charge in [0.15, 0.2) is 0 Å². The molecule has 2 aliphatic heterocycles. The molecule has 0 radical (unpaired) electrons. The standard InChI is InChI=1S/C18H23NO2/c1-18-10-11-19-15(8-9-17(19)20)14(18)7-6-12-13(18)4-3-5-16(12)21-2/h3-5,14-15H,6-11H2,1-2H3/t14-,15-,18+/m0/s1. The van der Waals surface area contributed by atoms with Crippen molar-refractivity contribution in [2.24, 2.45) is 5.92 Å². The third-order valence-electron chi connectivity index (χ3n) is 6.20. The van der Waals surface area contributed by atoms with Crippen molar-refractivity contribution in [3.8, 4) is 5.75 Å². The number of amides is 1. The van der Waals surface area contributed by atoms with E-state index >= 15 is 0 Å². The van der Waals surface area contributed by atoms with E-state index in [1.807, 2.05) is 0 Å². The first kappa shape index (κ1) is 13.2. The van der Waals surface area contributed by atoms with E-state index in [1.54, 1.807) is 7.11 Å². The number of carbonyl (C=O) groups is 1. The minimum Gasteiger partial charge on any atom is -0.496 e. The number of hydrogen-bond donors (Lipinski definition) is 0. The summed E-state index contributed by atoms with van der Waals surface area (Å²) in [6.07, 6.45) is 5.15. The molecule has 0 aromatic heterocycles. The van der Waals surface area contributed by atoms with Crippen molar-refractivity contribution < 1.29 is 9.53 Å². The molecule has 0 unspecified atom stereocenters. The fraction of sp³-hybridized carbons (Fsp3) is 0.611. The zero-order chi connectivity index (χ0) is 14.6. The van der Waals surface area contributed by atoms with Crippen LogP contribution in [0.1, 0.15) is 43.7 Å². The van der Waals surface area contributed by atoms with Crippen LogP contribution in [-0.2, 0) is 16.6 Å². The molecule has 3 nitrogen and oxygen atoms in total. The maximum absolute atomic E-state index is 12.0. The largest absolute Gasteiger partial charge is 0.496 e. The van der Waals surface area contributed by atoms with E-state index in [0.29, 0.717) is 17.9 Å². The molecule has 2 fully saturated rings. The van der Waals surface area contributed by atoms with Gasteiger partial charge in [-0.3, -0.25) is 4.79 Å². The van der Waals surface area contributed by atoms with Gasteiger partial charge in [0.05, 0.1) is 7.11 Å². The molecule has 1 aromatic carbocycles. The number of nitrogens with zero attached hydrogens (tertiary/aromatic N) is 1. The summed E-state index contributed by atoms with van der Waals surface area (Å²) in [6, 6.07) is 6.96. The second-order valence-corrected chi connectivity index (χ2v) is 6.99. The number of rotatable bonds is 1. The average molecular weight is 285 g/mol. The van der Waals surface area contributed by atoms with Crippen LogP contribution in [0.15, 0.2) is 18.2 Å². The number of ether oxygens (including phenoxy) is 1. The maximum Gasteiger partial charge on any atom is 0.222 e. The van der Waals surface area contributed by atoms with E-state index in [0.717, 1.165) is 38.0 Å². The van der Waals surface area contributed by atoms with E-state index < -0.39 is 0 Å². The van der Waals surface area contributed by atoms with Crippen molar-refractivity contribution in [3.05, 3.63) is 29.3 Å². The molecule has 3 aliphatic rings. The van der Waals surface area contributed by atoms with Crippen molar-refractivity contribution in [1.82, 2.24) is 4.90 Å². The molecule has 0 spiro atoms. The van der Waals surface area contributed by atoms with E-state index in [9.17, 15) is 4.79 Å². The van der Waals surface area contributed by atoms with Gasteiger partial charge in [0.25, 0.3) is 0 Å². The summed E-state index contributed by atoms with van der Waals surface area (Å²) in [5, 5.41) is 0. The molecule has 0 N–H and O–H groups in total. The van der Waals surface area contributed by atoms with Crippen molar-refractivity contribution in [2.45, 2.75) is 50.5 Å². The van der Waals surface area contributed by atoms with E-state index in [2.05, 4.69) is 30.0 Å². The van der Waals surface area contributed by atoms with Gasteiger partial charge in [0.2, 0.25) is 5.91 Å². The molecule has 2 heterocycles. The molecule has 1 amide bonds. The predicted molar refractivity (Wildman–Crippen MR) is 81.5 cm³/mol. The molecule has 3 atom stereocenters. The van der Waals surface area contributed by atoms with Crippen molar-refractivity contribution >= 4 is 5.91 Å². The highest BCUT2D eigenvalue weighted by Gasteiger charge is 2.52. The molecular formula is C18H23NO2. The zero-order valence-electron chi connectivity index (χ0n) is 12.9. The number of fused-ring (bicyclic) bond motifs is 5. The van der Waals surface area contributed by atoms with Crippen LogP contribution < -0.4 is 4.74 Å². The van der Waals surface area contributed by atoms with Crippen LogP contribution in [0.3, 0.4) is 0 Å². The second kappa shape index (κ2) is 4.49. The Balaban J connectivity index is 1.79. The summed E-state index contributed by atoms with van der Waals surface area (Å²) in [5.41, 5.74) is 3.07. The summed E-state index contributed by atoms with van der Waals surface area (Å²) in [6.45, 7) is 3.34. The molecule has 0 saturated carbocycles. The summed E-state index contributed by atoms with van der Waals surface area (Å²) < 4.78 is 5.58. The fourth-order valence-electron chi connectivity index (χ4n) is 5.12. The lowest BCUT2D eigenvalue weighted by molar-refractivity contribution is -0.132. The van der Waals surface area contributed by atoms with Crippen LogP contribution in [0.25, 0.3) is 0 Å². The van der Waals surface area contributed by atoms with Gasteiger partial charge in [-0.1, -0.05) is 19.1 Å². The van der Waals surface area contributed by atoms with Gasteiger partial charge in [-0.15, -0.1) is 0 Å². The van der Waals surface area contributed by atoms with Crippen LogP contribution in [-0.4, -0.2) is 30.5 Å². The molecule has 2 saturated heterocycles. The van der Waals surface area contributed by atoms with Gasteiger partial charge in [0.1, 0.15) is 5.75 Å². The monoisotopic (exact) mass is 285 g/mol. The van der Waals surface area contributed by atoms with Crippen LogP contribution in [0, 0.1) is 5.92 Å². The highest BCUT2D eigenvalue weighted by molar-refractivity contribution is 5.79. The normalized spacial score (nSPS) is 34.2. The van der Waals surface area contributed by atoms with Crippen LogP contribution in [0.2, 0.25) is 0 Å². The van der Waals surface area contributed by atoms with Crippen molar-refractivity contribution in [2.75, 3.05) is 13.7 Å². The van der Waals surface area contributed by atoms with Crippen molar-refractivity contribution in [1.29, 1.82) is 0 Å². The molecule has 112 valence electrons. The van der Waals surface area contributed by atoms with Gasteiger partial charge in [-0.05, 0) is 54.2 Å². The number of methoxy groups -OCH3 is 1. The lowest BCUT2D eigenvalue weighted by Crippen LogP contribution is -2.55. The Morgan fingerprint density at radius 3 is 2.95 bits per heavy atom. The highest BCUT2D eigenvalue weighted by Crippen LogP contribution is 2.52. The molecule has 1 aromatic rings. The van der Waals surface area contributed by atoms with Gasteiger partial charge in [-0.25, -0.2) is 0 Å². The summed E-state index contributed by atoms with van der Waals surface area (Å²) in [5.74, 6) is 2.02. The molecule has 0 bridgehead atoms. The first-order chi connectivity index (χ1) is 10.1. The first-order valence-corrected chi connectivity index (χ1v) is 8.11. The third kappa shape index (κ3) is 1.69. The Morgan fingerprint density at radius 2 is 2.14 bits per heavy atom. The number of carbonyl (C=O) groups excluding carboxylic acids is 1. The minimum atomic E-state index is 0.202. The third-order valence-corrected chi connectivity index (χ3v) is 6.20. The van der Waals surface area contributed by atoms with Gasteiger partial charge < -0.3 is 9.64 Å². The summed E-state index contributed by atoms with van der Waals surface area (Å²) in [4.78, 5) is 14.2. The van der Waals surface area contributed by atoms with Crippen molar-refractivity contribution in [3.63, 3.8) is 0 Å². The Labute approximate surface area is 126 Å². The first-order valence-electron chi connectivity index (χ1n) is 8.11. The predicted octanol–water partition coefficient (Wildman–Crippen LogP) is 2.91. The number of piperidine rings is 1. The van der Waals surface area contributed by atoms with Gasteiger partial charge in [-0.2, -0.15) is 0 Å². The van der Waals surface area contributed by atoms with Gasteiger partial charge in [0, 0.05) is 19.0 Å². The van der Waals surface area contributed by atoms with E-state index in [1.165, 1.54) is 17.5 Å². The SMILES string of the molecule is COc1cccc2c1CC[C@H]1[C@@H]3CCC(=O)N3CC[C@]21C. The maximum atomic E-state index is 12.0. The molecule has 3 heteroatoms. The number of hydrogen-bond acceptors (Lipinski definition) is 2. The summed E-state index contributed by atoms with van der Waals surface area (Å²) in [7, 11) is 1.77. The lowest BCUT2D eigenvalue weighted by Gasteiger charge is -2.52. The lowest BCUT2D eigenvalue weighted by atomic mass is 9.58. The minimum absolute atomic E-state index is 0.202. The molecular weight excluding hydrogens is 262 g/mol. The van der Waals surface area contributed by atoms with Gasteiger partial charge >= 0.3 is 0 Å². The topological polar surface area (TPSA) is 29.5 Å². The molecule has 1 aliphatic carbocycles.